The molecular weight excluding hydrogens is 138 g/mol. The molecule has 0 radical (unpaired) electrons. The van der Waals surface area contributed by atoms with E-state index in [9.17, 15) is 0 Å². The monoisotopic (exact) mass is 153 g/mol. The van der Waals surface area contributed by atoms with Crippen molar-refractivity contribution in [1.29, 1.82) is 0 Å². The van der Waals surface area contributed by atoms with Crippen LogP contribution in [0.1, 0.15) is 22.6 Å². The first-order valence-electron chi connectivity index (χ1n) is 3.87. The van der Waals surface area contributed by atoms with Crippen LogP contribution in [-0.2, 0) is 6.54 Å². The van der Waals surface area contributed by atoms with Gasteiger partial charge < -0.3 is 9.73 Å². The summed E-state index contributed by atoms with van der Waals surface area (Å²) in [5.74, 6) is 2.07. The van der Waals surface area contributed by atoms with Gasteiger partial charge in [0.25, 0.3) is 0 Å². The van der Waals surface area contributed by atoms with Crippen molar-refractivity contribution in [1.82, 2.24) is 5.32 Å². The summed E-state index contributed by atoms with van der Waals surface area (Å²) in [7, 11) is 1.95. The number of nitrogens with one attached hydrogen (secondary N) is 1. The van der Waals surface area contributed by atoms with Crippen LogP contribution < -0.4 is 5.32 Å². The molecule has 1 heterocycles. The molecule has 1 aromatic heterocycles. The highest BCUT2D eigenvalue weighted by atomic mass is 16.3. The van der Waals surface area contributed by atoms with Crippen molar-refractivity contribution in [2.75, 3.05) is 7.05 Å². The van der Waals surface area contributed by atoms with E-state index in [0.717, 1.165) is 18.1 Å². The third kappa shape index (κ3) is 1.46. The average Bonchev–Trinajstić information content (AvgIpc) is 2.17. The lowest BCUT2D eigenvalue weighted by Gasteiger charge is -1.97. The molecule has 0 unspecified atom stereocenters. The van der Waals surface area contributed by atoms with Crippen molar-refractivity contribution in [2.24, 2.45) is 0 Å². The molecule has 0 aromatic carbocycles. The van der Waals surface area contributed by atoms with E-state index in [0.29, 0.717) is 0 Å². The summed E-state index contributed by atoms with van der Waals surface area (Å²) in [5, 5.41) is 3.12. The Hall–Kier alpha value is -0.760. The van der Waals surface area contributed by atoms with E-state index in [1.54, 1.807) is 0 Å². The Kier molecular flexibility index (Phi) is 2.35. The van der Waals surface area contributed by atoms with Gasteiger partial charge in [0.15, 0.2) is 0 Å². The molecule has 0 amide bonds. The molecule has 0 spiro atoms. The van der Waals surface area contributed by atoms with Gasteiger partial charge in [-0.3, -0.25) is 0 Å². The van der Waals surface area contributed by atoms with E-state index in [-0.39, 0.29) is 0 Å². The van der Waals surface area contributed by atoms with Gasteiger partial charge in [0.1, 0.15) is 11.5 Å². The lowest BCUT2D eigenvalue weighted by molar-refractivity contribution is 0.498. The second-order valence-corrected chi connectivity index (χ2v) is 2.85. The average molecular weight is 153 g/mol. The number of hydrogen-bond donors (Lipinski definition) is 1. The number of aryl methyl sites for hydroxylation is 2. The quantitative estimate of drug-likeness (QED) is 0.702. The van der Waals surface area contributed by atoms with Crippen LogP contribution in [0.4, 0.5) is 0 Å². The van der Waals surface area contributed by atoms with Gasteiger partial charge in [-0.15, -0.1) is 0 Å². The minimum atomic E-state index is 0.898. The van der Waals surface area contributed by atoms with E-state index in [1.165, 1.54) is 11.1 Å². The van der Waals surface area contributed by atoms with Crippen molar-refractivity contribution in [2.45, 2.75) is 27.3 Å². The van der Waals surface area contributed by atoms with Gasteiger partial charge in [-0.25, -0.2) is 0 Å². The molecule has 0 aliphatic carbocycles. The lowest BCUT2D eigenvalue weighted by atomic mass is 10.1. The largest absolute Gasteiger partial charge is 0.466 e. The summed E-state index contributed by atoms with van der Waals surface area (Å²) in [6.07, 6.45) is 0. The zero-order valence-corrected chi connectivity index (χ0v) is 7.62. The first kappa shape index (κ1) is 8.34. The van der Waals surface area contributed by atoms with Gasteiger partial charge in [0.2, 0.25) is 0 Å². The van der Waals surface area contributed by atoms with Crippen LogP contribution in [0.15, 0.2) is 4.42 Å². The van der Waals surface area contributed by atoms with E-state index in [1.807, 2.05) is 20.9 Å². The fourth-order valence-electron chi connectivity index (χ4n) is 1.28. The molecule has 1 rings (SSSR count). The molecule has 0 aliphatic rings. The first-order valence-corrected chi connectivity index (χ1v) is 3.87. The SMILES string of the molecule is CNCc1c(C)oc(C)c1C. The van der Waals surface area contributed by atoms with Crippen LogP contribution >= 0.6 is 0 Å². The fraction of sp³-hybridized carbons (Fsp3) is 0.556. The summed E-state index contributed by atoms with van der Waals surface area (Å²) in [5.41, 5.74) is 2.57. The standard InChI is InChI=1S/C9H15NO/c1-6-7(2)11-8(3)9(6)5-10-4/h10H,5H2,1-4H3. The van der Waals surface area contributed by atoms with Crippen LogP contribution in [0.5, 0.6) is 0 Å². The lowest BCUT2D eigenvalue weighted by Crippen LogP contribution is -2.06. The zero-order chi connectivity index (χ0) is 8.43. The van der Waals surface area contributed by atoms with Crippen molar-refractivity contribution in [3.05, 3.63) is 22.6 Å². The van der Waals surface area contributed by atoms with Crippen LogP contribution in [0.25, 0.3) is 0 Å². The van der Waals surface area contributed by atoms with Gasteiger partial charge in [-0.05, 0) is 33.4 Å². The van der Waals surface area contributed by atoms with Crippen LogP contribution in [-0.4, -0.2) is 7.05 Å². The van der Waals surface area contributed by atoms with Crippen LogP contribution in [0, 0.1) is 20.8 Å². The Labute approximate surface area is 67.6 Å². The molecule has 2 heteroatoms. The molecule has 0 saturated heterocycles. The van der Waals surface area contributed by atoms with Crippen molar-refractivity contribution < 1.29 is 4.42 Å². The number of rotatable bonds is 2. The molecular formula is C9H15NO. The third-order valence-electron chi connectivity index (χ3n) is 2.07. The Morgan fingerprint density at radius 3 is 2.18 bits per heavy atom. The molecule has 62 valence electrons. The highest BCUT2D eigenvalue weighted by Gasteiger charge is 2.08. The minimum Gasteiger partial charge on any atom is -0.466 e. The first-order chi connectivity index (χ1) is 5.16. The van der Waals surface area contributed by atoms with Crippen molar-refractivity contribution >= 4 is 0 Å². The van der Waals surface area contributed by atoms with Crippen molar-refractivity contribution in [3.8, 4) is 0 Å². The minimum absolute atomic E-state index is 0.898. The predicted molar refractivity (Wildman–Crippen MR) is 45.7 cm³/mol. The molecule has 0 fully saturated rings. The van der Waals surface area contributed by atoms with Gasteiger partial charge in [-0.2, -0.15) is 0 Å². The van der Waals surface area contributed by atoms with Crippen LogP contribution in [0.3, 0.4) is 0 Å². The summed E-state index contributed by atoms with van der Waals surface area (Å²) in [6.45, 7) is 7.00. The van der Waals surface area contributed by atoms with E-state index in [4.69, 9.17) is 4.42 Å². The molecule has 0 saturated carbocycles. The maximum absolute atomic E-state index is 5.46. The summed E-state index contributed by atoms with van der Waals surface area (Å²) < 4.78 is 5.46. The summed E-state index contributed by atoms with van der Waals surface area (Å²) in [4.78, 5) is 0. The van der Waals surface area contributed by atoms with Crippen molar-refractivity contribution in [3.63, 3.8) is 0 Å². The maximum atomic E-state index is 5.46. The van der Waals surface area contributed by atoms with Gasteiger partial charge >= 0.3 is 0 Å². The summed E-state index contributed by atoms with van der Waals surface area (Å²) in [6, 6.07) is 0. The van der Waals surface area contributed by atoms with Crippen LogP contribution in [0.2, 0.25) is 0 Å². The van der Waals surface area contributed by atoms with Gasteiger partial charge in [0, 0.05) is 12.1 Å². The molecule has 11 heavy (non-hydrogen) atoms. The second-order valence-electron chi connectivity index (χ2n) is 2.85. The van der Waals surface area contributed by atoms with E-state index >= 15 is 0 Å². The van der Waals surface area contributed by atoms with Gasteiger partial charge in [-0.1, -0.05) is 0 Å². The smallest absolute Gasteiger partial charge is 0.105 e. The van der Waals surface area contributed by atoms with Gasteiger partial charge in [0.05, 0.1) is 0 Å². The fourth-order valence-corrected chi connectivity index (χ4v) is 1.28. The van der Waals surface area contributed by atoms with E-state index in [2.05, 4.69) is 12.2 Å². The molecule has 2 nitrogen and oxygen atoms in total. The number of hydrogen-bond acceptors (Lipinski definition) is 2. The third-order valence-corrected chi connectivity index (χ3v) is 2.07. The zero-order valence-electron chi connectivity index (χ0n) is 7.62. The molecule has 1 aromatic rings. The second kappa shape index (κ2) is 3.09. The molecule has 0 aliphatic heterocycles. The Bertz CT molecular complexity index is 250. The maximum Gasteiger partial charge on any atom is 0.105 e. The highest BCUT2D eigenvalue weighted by Crippen LogP contribution is 2.19. The Morgan fingerprint density at radius 2 is 1.82 bits per heavy atom. The predicted octanol–water partition coefficient (Wildman–Crippen LogP) is 1.92. The highest BCUT2D eigenvalue weighted by molar-refractivity contribution is 5.30. The Morgan fingerprint density at radius 1 is 1.18 bits per heavy atom. The summed E-state index contributed by atoms with van der Waals surface area (Å²) >= 11 is 0. The molecule has 0 bridgehead atoms. The normalized spacial score (nSPS) is 10.5. The molecule has 0 atom stereocenters. The topological polar surface area (TPSA) is 25.2 Å². The van der Waals surface area contributed by atoms with E-state index < -0.39 is 0 Å². The Balaban J connectivity index is 3.02. The molecule has 1 N–H and O–H groups in total. The number of furan rings is 1.